The third-order valence-corrected chi connectivity index (χ3v) is 3.21. The van der Waals surface area contributed by atoms with Crippen molar-refractivity contribution in [2.24, 2.45) is 0 Å². The molecule has 0 aliphatic rings. The first-order valence-corrected chi connectivity index (χ1v) is 7.21. The van der Waals surface area contributed by atoms with E-state index in [1.165, 1.54) is 31.7 Å². The van der Waals surface area contributed by atoms with Crippen molar-refractivity contribution in [1.82, 2.24) is 4.57 Å². The molecule has 1 rings (SSSR count). The molecule has 108 valence electrons. The first-order valence-electron chi connectivity index (χ1n) is 7.21. The molecule has 0 aliphatic heterocycles. The fourth-order valence-electron chi connectivity index (χ4n) is 2.02. The first-order chi connectivity index (χ1) is 9.13. The Morgan fingerprint density at radius 1 is 1.32 bits per heavy atom. The van der Waals surface area contributed by atoms with Gasteiger partial charge in [0.1, 0.15) is 0 Å². The van der Waals surface area contributed by atoms with Gasteiger partial charge in [0.2, 0.25) is 0 Å². The molecular weight excluding hydrogens is 240 g/mol. The van der Waals surface area contributed by atoms with Gasteiger partial charge in [0.25, 0.3) is 5.56 Å². The Balaban J connectivity index is 2.22. The molecule has 0 radical (unpaired) electrons. The molecule has 0 bridgehead atoms. The van der Waals surface area contributed by atoms with Gasteiger partial charge >= 0.3 is 0 Å². The maximum absolute atomic E-state index is 11.5. The van der Waals surface area contributed by atoms with Crippen LogP contribution in [0.2, 0.25) is 0 Å². The average Bonchev–Trinajstić information content (AvgIpc) is 2.39. The quantitative estimate of drug-likeness (QED) is 0.699. The second-order valence-electron chi connectivity index (χ2n) is 5.02. The van der Waals surface area contributed by atoms with Crippen molar-refractivity contribution in [3.05, 3.63) is 28.7 Å². The van der Waals surface area contributed by atoms with Crippen molar-refractivity contribution >= 4 is 5.69 Å². The molecule has 4 nitrogen and oxygen atoms in total. The number of pyridine rings is 1. The smallest absolute Gasteiger partial charge is 0.250 e. The van der Waals surface area contributed by atoms with Gasteiger partial charge in [0.05, 0.1) is 12.7 Å². The molecule has 0 fully saturated rings. The van der Waals surface area contributed by atoms with Crippen molar-refractivity contribution in [2.75, 3.05) is 12.3 Å². The highest BCUT2D eigenvalue weighted by atomic mass is 16.5. The molecule has 0 saturated carbocycles. The topological polar surface area (TPSA) is 57.2 Å². The van der Waals surface area contributed by atoms with Crippen LogP contribution in [0.1, 0.15) is 46.0 Å². The summed E-state index contributed by atoms with van der Waals surface area (Å²) >= 11 is 0. The summed E-state index contributed by atoms with van der Waals surface area (Å²) in [5.74, 6) is 0. The minimum Gasteiger partial charge on any atom is -0.398 e. The predicted octanol–water partition coefficient (Wildman–Crippen LogP) is 2.81. The lowest BCUT2D eigenvalue weighted by atomic mass is 10.1. The van der Waals surface area contributed by atoms with Crippen LogP contribution in [0.4, 0.5) is 5.69 Å². The molecule has 2 N–H and O–H groups in total. The van der Waals surface area contributed by atoms with E-state index in [-0.39, 0.29) is 11.7 Å². The highest BCUT2D eigenvalue weighted by Crippen LogP contribution is 2.07. The standard InChI is InChI=1S/C15H26N2O2/c1-3-4-5-6-7-13(2)19-11-10-17-12-14(16)8-9-15(17)18/h8-9,12-13H,3-7,10-11,16H2,1-2H3. The SMILES string of the molecule is CCCCCCC(C)OCCn1cc(N)ccc1=O. The number of hydrogen-bond acceptors (Lipinski definition) is 3. The lowest BCUT2D eigenvalue weighted by Crippen LogP contribution is -2.22. The maximum atomic E-state index is 11.5. The van der Waals surface area contributed by atoms with E-state index in [0.717, 1.165) is 6.42 Å². The van der Waals surface area contributed by atoms with Gasteiger partial charge in [-0.05, 0) is 19.4 Å². The number of unbranched alkanes of at least 4 members (excludes halogenated alkanes) is 3. The van der Waals surface area contributed by atoms with Crippen LogP contribution in [0.3, 0.4) is 0 Å². The minimum atomic E-state index is -0.0339. The Kier molecular flexibility index (Phi) is 7.26. The fraction of sp³-hybridized carbons (Fsp3) is 0.667. The number of ether oxygens (including phenoxy) is 1. The van der Waals surface area contributed by atoms with Crippen molar-refractivity contribution < 1.29 is 4.74 Å². The van der Waals surface area contributed by atoms with Crippen molar-refractivity contribution in [3.63, 3.8) is 0 Å². The van der Waals surface area contributed by atoms with Crippen LogP contribution in [0.25, 0.3) is 0 Å². The van der Waals surface area contributed by atoms with Crippen LogP contribution in [0, 0.1) is 0 Å². The van der Waals surface area contributed by atoms with E-state index in [1.807, 2.05) is 0 Å². The molecule has 1 heterocycles. The summed E-state index contributed by atoms with van der Waals surface area (Å²) in [6.07, 6.45) is 8.06. The highest BCUT2D eigenvalue weighted by Gasteiger charge is 2.03. The number of rotatable bonds is 9. The third kappa shape index (κ3) is 6.43. The summed E-state index contributed by atoms with van der Waals surface area (Å²) in [6, 6.07) is 3.11. The summed E-state index contributed by atoms with van der Waals surface area (Å²) in [7, 11) is 0. The summed E-state index contributed by atoms with van der Waals surface area (Å²) < 4.78 is 7.32. The number of aromatic nitrogens is 1. The monoisotopic (exact) mass is 266 g/mol. The van der Waals surface area contributed by atoms with Gasteiger partial charge in [-0.3, -0.25) is 4.79 Å². The molecule has 1 unspecified atom stereocenters. The third-order valence-electron chi connectivity index (χ3n) is 3.21. The van der Waals surface area contributed by atoms with E-state index in [9.17, 15) is 4.79 Å². The number of hydrogen-bond donors (Lipinski definition) is 1. The lowest BCUT2D eigenvalue weighted by Gasteiger charge is -2.13. The maximum Gasteiger partial charge on any atom is 0.250 e. The van der Waals surface area contributed by atoms with Crippen LogP contribution < -0.4 is 11.3 Å². The summed E-state index contributed by atoms with van der Waals surface area (Å²) in [5.41, 5.74) is 6.22. The zero-order chi connectivity index (χ0) is 14.1. The molecule has 1 aromatic rings. The van der Waals surface area contributed by atoms with Crippen molar-refractivity contribution in [1.29, 1.82) is 0 Å². The molecule has 1 aromatic heterocycles. The minimum absolute atomic E-state index is 0.0339. The van der Waals surface area contributed by atoms with E-state index in [4.69, 9.17) is 10.5 Å². The largest absolute Gasteiger partial charge is 0.398 e. The van der Waals surface area contributed by atoms with E-state index in [0.29, 0.717) is 18.8 Å². The van der Waals surface area contributed by atoms with Crippen molar-refractivity contribution in [2.45, 2.75) is 58.6 Å². The Morgan fingerprint density at radius 2 is 2.11 bits per heavy atom. The van der Waals surface area contributed by atoms with E-state index in [1.54, 1.807) is 16.8 Å². The second-order valence-corrected chi connectivity index (χ2v) is 5.02. The number of nitrogen functional groups attached to an aromatic ring is 1. The van der Waals surface area contributed by atoms with Gasteiger partial charge in [-0.25, -0.2) is 0 Å². The Bertz CT molecular complexity index is 415. The Hall–Kier alpha value is -1.29. The van der Waals surface area contributed by atoms with E-state index >= 15 is 0 Å². The molecule has 0 spiro atoms. The van der Waals surface area contributed by atoms with Gasteiger partial charge < -0.3 is 15.0 Å². The summed E-state index contributed by atoms with van der Waals surface area (Å²) in [6.45, 7) is 5.42. The van der Waals surface area contributed by atoms with Gasteiger partial charge in [-0.2, -0.15) is 0 Å². The summed E-state index contributed by atoms with van der Waals surface area (Å²) in [5, 5.41) is 0. The van der Waals surface area contributed by atoms with E-state index < -0.39 is 0 Å². The fourth-order valence-corrected chi connectivity index (χ4v) is 2.02. The molecular formula is C15H26N2O2. The van der Waals surface area contributed by atoms with Crippen molar-refractivity contribution in [3.8, 4) is 0 Å². The van der Waals surface area contributed by atoms with Gasteiger partial charge in [-0.1, -0.05) is 32.6 Å². The Labute approximate surface area is 115 Å². The molecule has 0 aromatic carbocycles. The number of anilines is 1. The summed E-state index contributed by atoms with van der Waals surface area (Å²) in [4.78, 5) is 11.5. The highest BCUT2D eigenvalue weighted by molar-refractivity contribution is 5.33. The van der Waals surface area contributed by atoms with Crippen LogP contribution >= 0.6 is 0 Å². The van der Waals surface area contributed by atoms with Crippen LogP contribution in [0.5, 0.6) is 0 Å². The average molecular weight is 266 g/mol. The zero-order valence-electron chi connectivity index (χ0n) is 12.1. The molecule has 4 heteroatoms. The molecule has 19 heavy (non-hydrogen) atoms. The molecule has 1 atom stereocenters. The first kappa shape index (κ1) is 15.8. The van der Waals surface area contributed by atoms with Gasteiger partial charge in [0.15, 0.2) is 0 Å². The van der Waals surface area contributed by atoms with Gasteiger partial charge in [0, 0.05) is 24.5 Å². The zero-order valence-corrected chi connectivity index (χ0v) is 12.1. The number of nitrogens with two attached hydrogens (primary N) is 1. The predicted molar refractivity (Wildman–Crippen MR) is 79.3 cm³/mol. The second kappa shape index (κ2) is 8.75. The van der Waals surface area contributed by atoms with Crippen LogP contribution in [0.15, 0.2) is 23.1 Å². The van der Waals surface area contributed by atoms with Gasteiger partial charge in [-0.15, -0.1) is 0 Å². The van der Waals surface area contributed by atoms with Crippen LogP contribution in [-0.2, 0) is 11.3 Å². The normalized spacial score (nSPS) is 12.5. The van der Waals surface area contributed by atoms with Crippen LogP contribution in [-0.4, -0.2) is 17.3 Å². The Morgan fingerprint density at radius 3 is 2.84 bits per heavy atom. The van der Waals surface area contributed by atoms with E-state index in [2.05, 4.69) is 13.8 Å². The molecule has 0 aliphatic carbocycles. The molecule has 0 saturated heterocycles. The lowest BCUT2D eigenvalue weighted by molar-refractivity contribution is 0.0527. The number of nitrogens with zero attached hydrogens (tertiary/aromatic N) is 1. The molecule has 0 amide bonds.